The Morgan fingerprint density at radius 3 is 2.56 bits per heavy atom. The van der Waals surface area contributed by atoms with Crippen molar-refractivity contribution in [1.29, 1.82) is 0 Å². The van der Waals surface area contributed by atoms with Crippen molar-refractivity contribution in [2.75, 3.05) is 0 Å². The Bertz CT molecular complexity index is 366. The van der Waals surface area contributed by atoms with Gasteiger partial charge in [0.05, 0.1) is 0 Å². The van der Waals surface area contributed by atoms with E-state index in [4.69, 9.17) is 5.73 Å². The summed E-state index contributed by atoms with van der Waals surface area (Å²) in [6, 6.07) is 8.43. The van der Waals surface area contributed by atoms with Crippen molar-refractivity contribution in [3.8, 4) is 0 Å². The van der Waals surface area contributed by atoms with Gasteiger partial charge in [0.2, 0.25) is 5.91 Å². The van der Waals surface area contributed by atoms with E-state index in [1.54, 1.807) is 0 Å². The summed E-state index contributed by atoms with van der Waals surface area (Å²) in [6.07, 6.45) is 1.67. The van der Waals surface area contributed by atoms with Gasteiger partial charge in [0, 0.05) is 18.5 Å². The summed E-state index contributed by atoms with van der Waals surface area (Å²) < 4.78 is 0. The molecule has 0 aromatic heterocycles. The third kappa shape index (κ3) is 2.61. The summed E-state index contributed by atoms with van der Waals surface area (Å²) >= 11 is 0. The number of benzene rings is 1. The van der Waals surface area contributed by atoms with Gasteiger partial charge in [0.25, 0.3) is 0 Å². The third-order valence-corrected chi connectivity index (χ3v) is 3.13. The van der Waals surface area contributed by atoms with Crippen molar-refractivity contribution >= 4 is 5.91 Å². The molecule has 16 heavy (non-hydrogen) atoms. The van der Waals surface area contributed by atoms with E-state index >= 15 is 0 Å². The van der Waals surface area contributed by atoms with Gasteiger partial charge in [0.1, 0.15) is 0 Å². The molecule has 3 nitrogen and oxygen atoms in total. The van der Waals surface area contributed by atoms with Crippen molar-refractivity contribution in [2.45, 2.75) is 32.4 Å². The minimum Gasteiger partial charge on any atom is -0.352 e. The molecule has 1 fully saturated rings. The maximum Gasteiger partial charge on any atom is 0.223 e. The largest absolute Gasteiger partial charge is 0.352 e. The highest BCUT2D eigenvalue weighted by Crippen LogP contribution is 2.25. The Morgan fingerprint density at radius 2 is 2.00 bits per heavy atom. The normalized spacial score (nSPS) is 23.6. The zero-order chi connectivity index (χ0) is 11.5. The smallest absolute Gasteiger partial charge is 0.223 e. The van der Waals surface area contributed by atoms with Crippen LogP contribution in [0.25, 0.3) is 0 Å². The van der Waals surface area contributed by atoms with Crippen LogP contribution in [-0.2, 0) is 11.3 Å². The molecule has 1 saturated carbocycles. The van der Waals surface area contributed by atoms with Crippen molar-refractivity contribution < 1.29 is 4.79 Å². The molecule has 1 aliphatic rings. The predicted molar refractivity (Wildman–Crippen MR) is 63.7 cm³/mol. The second-order valence-corrected chi connectivity index (χ2v) is 4.63. The van der Waals surface area contributed by atoms with Crippen LogP contribution >= 0.6 is 0 Å². The van der Waals surface area contributed by atoms with Crippen molar-refractivity contribution in [1.82, 2.24) is 5.32 Å². The van der Waals surface area contributed by atoms with Crippen LogP contribution < -0.4 is 11.1 Å². The van der Waals surface area contributed by atoms with Crippen LogP contribution in [0.2, 0.25) is 0 Å². The van der Waals surface area contributed by atoms with Gasteiger partial charge in [-0.1, -0.05) is 29.8 Å². The van der Waals surface area contributed by atoms with Crippen LogP contribution in [-0.4, -0.2) is 11.9 Å². The number of aryl methyl sites for hydroxylation is 1. The Hall–Kier alpha value is -1.35. The van der Waals surface area contributed by atoms with Crippen LogP contribution in [0.5, 0.6) is 0 Å². The van der Waals surface area contributed by atoms with Crippen LogP contribution in [0, 0.1) is 12.8 Å². The minimum absolute atomic E-state index is 0.139. The van der Waals surface area contributed by atoms with Crippen LogP contribution in [0.3, 0.4) is 0 Å². The molecule has 0 aliphatic heterocycles. The molecule has 2 rings (SSSR count). The van der Waals surface area contributed by atoms with Crippen molar-refractivity contribution in [2.24, 2.45) is 11.7 Å². The molecule has 0 bridgehead atoms. The summed E-state index contributed by atoms with van der Waals surface area (Å²) in [4.78, 5) is 11.6. The fourth-order valence-corrected chi connectivity index (χ4v) is 1.92. The zero-order valence-electron chi connectivity index (χ0n) is 9.57. The number of hydrogen-bond donors (Lipinski definition) is 2. The van der Waals surface area contributed by atoms with Gasteiger partial charge < -0.3 is 11.1 Å². The monoisotopic (exact) mass is 218 g/mol. The highest BCUT2D eigenvalue weighted by molar-refractivity contribution is 5.79. The first-order valence-electron chi connectivity index (χ1n) is 5.74. The minimum atomic E-state index is 0.139. The van der Waals surface area contributed by atoms with Crippen molar-refractivity contribution in [3.63, 3.8) is 0 Å². The predicted octanol–water partition coefficient (Wildman–Crippen LogP) is 1.35. The van der Waals surface area contributed by atoms with Crippen LogP contribution in [0.1, 0.15) is 24.0 Å². The SMILES string of the molecule is Cc1ccc(CNC(=O)C2CC(N)C2)cc1. The molecule has 3 heteroatoms. The molecule has 1 aromatic carbocycles. The van der Waals surface area contributed by atoms with E-state index < -0.39 is 0 Å². The molecule has 0 unspecified atom stereocenters. The number of hydrogen-bond acceptors (Lipinski definition) is 2. The molecule has 0 atom stereocenters. The third-order valence-electron chi connectivity index (χ3n) is 3.13. The van der Waals surface area contributed by atoms with E-state index in [0.717, 1.165) is 18.4 Å². The number of amides is 1. The average molecular weight is 218 g/mol. The fourth-order valence-electron chi connectivity index (χ4n) is 1.92. The van der Waals surface area contributed by atoms with Gasteiger partial charge in [-0.25, -0.2) is 0 Å². The molecule has 0 radical (unpaired) electrons. The molecule has 0 saturated heterocycles. The first-order valence-corrected chi connectivity index (χ1v) is 5.74. The molecule has 1 amide bonds. The molecule has 3 N–H and O–H groups in total. The Morgan fingerprint density at radius 1 is 1.38 bits per heavy atom. The van der Waals surface area contributed by atoms with E-state index in [0.29, 0.717) is 6.54 Å². The highest BCUT2D eigenvalue weighted by atomic mass is 16.1. The molecule has 1 aromatic rings. The second-order valence-electron chi connectivity index (χ2n) is 4.63. The first-order chi connectivity index (χ1) is 7.65. The first kappa shape index (κ1) is 11.1. The molecular weight excluding hydrogens is 200 g/mol. The van der Waals surface area contributed by atoms with E-state index in [-0.39, 0.29) is 17.9 Å². The Balaban J connectivity index is 1.79. The highest BCUT2D eigenvalue weighted by Gasteiger charge is 2.31. The Labute approximate surface area is 96.0 Å². The van der Waals surface area contributed by atoms with Crippen LogP contribution in [0.15, 0.2) is 24.3 Å². The standard InChI is InChI=1S/C13H18N2O/c1-9-2-4-10(5-3-9)8-15-13(16)11-6-12(14)7-11/h2-5,11-12H,6-8,14H2,1H3,(H,15,16). The molecule has 1 aliphatic carbocycles. The summed E-state index contributed by atoms with van der Waals surface area (Å²) in [5.41, 5.74) is 8.03. The lowest BCUT2D eigenvalue weighted by molar-refractivity contribution is -0.128. The topological polar surface area (TPSA) is 55.1 Å². The quantitative estimate of drug-likeness (QED) is 0.804. The Kier molecular flexibility index (Phi) is 3.25. The van der Waals surface area contributed by atoms with Gasteiger partial charge in [-0.3, -0.25) is 4.79 Å². The number of nitrogens with two attached hydrogens (primary N) is 1. The average Bonchev–Trinajstić information content (AvgIpc) is 2.24. The summed E-state index contributed by atoms with van der Waals surface area (Å²) in [5.74, 6) is 0.280. The van der Waals surface area contributed by atoms with E-state index in [1.807, 2.05) is 12.1 Å². The van der Waals surface area contributed by atoms with Gasteiger partial charge in [0.15, 0.2) is 0 Å². The van der Waals surface area contributed by atoms with Gasteiger partial charge >= 0.3 is 0 Å². The molecule has 0 heterocycles. The lowest BCUT2D eigenvalue weighted by Crippen LogP contribution is -2.44. The summed E-state index contributed by atoms with van der Waals surface area (Å²) in [7, 11) is 0. The van der Waals surface area contributed by atoms with Gasteiger partial charge in [-0.15, -0.1) is 0 Å². The molecule has 0 spiro atoms. The number of rotatable bonds is 3. The summed E-state index contributed by atoms with van der Waals surface area (Å²) in [5, 5.41) is 2.95. The number of carbonyl (C=O) groups is 1. The van der Waals surface area contributed by atoms with E-state index in [2.05, 4.69) is 24.4 Å². The maximum atomic E-state index is 11.6. The second kappa shape index (κ2) is 4.66. The van der Waals surface area contributed by atoms with Crippen molar-refractivity contribution in [3.05, 3.63) is 35.4 Å². The molecule has 86 valence electrons. The lowest BCUT2D eigenvalue weighted by atomic mass is 9.80. The zero-order valence-corrected chi connectivity index (χ0v) is 9.57. The number of nitrogens with one attached hydrogen (secondary N) is 1. The molecular formula is C13H18N2O. The van der Waals surface area contributed by atoms with E-state index in [1.165, 1.54) is 5.56 Å². The number of carbonyl (C=O) groups excluding carboxylic acids is 1. The summed E-state index contributed by atoms with van der Waals surface area (Å²) in [6.45, 7) is 2.67. The fraction of sp³-hybridized carbons (Fsp3) is 0.462. The van der Waals surface area contributed by atoms with E-state index in [9.17, 15) is 4.79 Å². The maximum absolute atomic E-state index is 11.6. The van der Waals surface area contributed by atoms with Crippen LogP contribution in [0.4, 0.5) is 0 Å². The van der Waals surface area contributed by atoms with Gasteiger partial charge in [-0.2, -0.15) is 0 Å². The van der Waals surface area contributed by atoms with Gasteiger partial charge in [-0.05, 0) is 25.3 Å². The lowest BCUT2D eigenvalue weighted by Gasteiger charge is -2.31.